The molecule has 1 aromatic carbocycles. The Labute approximate surface area is 126 Å². The van der Waals surface area contributed by atoms with Gasteiger partial charge in [-0.05, 0) is 33.1 Å². The minimum Gasteiger partial charge on any atom is -0.379 e. The standard InChI is InChI=1S/C15H26N4O2/c1-5-9-16-15-13(7-6-8-14(15)19(20)21)12-18(4)11-10-17(2)3/h6-8,16H,5,9-12H2,1-4H3. The molecule has 0 aliphatic rings. The number of hydrogen-bond donors (Lipinski definition) is 1. The van der Waals surface area contributed by atoms with E-state index in [1.54, 1.807) is 12.1 Å². The lowest BCUT2D eigenvalue weighted by Gasteiger charge is -2.21. The fourth-order valence-electron chi connectivity index (χ4n) is 2.07. The molecule has 6 heteroatoms. The normalized spacial score (nSPS) is 11.1. The number of hydrogen-bond acceptors (Lipinski definition) is 5. The van der Waals surface area contributed by atoms with Crippen molar-refractivity contribution >= 4 is 11.4 Å². The van der Waals surface area contributed by atoms with E-state index in [-0.39, 0.29) is 10.6 Å². The number of benzene rings is 1. The molecule has 0 fully saturated rings. The van der Waals surface area contributed by atoms with E-state index in [1.807, 2.05) is 34.1 Å². The van der Waals surface area contributed by atoms with E-state index in [1.165, 1.54) is 0 Å². The van der Waals surface area contributed by atoms with Crippen molar-refractivity contribution in [2.45, 2.75) is 19.9 Å². The lowest BCUT2D eigenvalue weighted by molar-refractivity contribution is -0.384. The van der Waals surface area contributed by atoms with Crippen LogP contribution in [-0.2, 0) is 6.54 Å². The van der Waals surface area contributed by atoms with Crippen LogP contribution in [0.25, 0.3) is 0 Å². The second-order valence-electron chi connectivity index (χ2n) is 5.54. The highest BCUT2D eigenvalue weighted by Gasteiger charge is 2.17. The number of anilines is 1. The summed E-state index contributed by atoms with van der Waals surface area (Å²) < 4.78 is 0. The zero-order valence-corrected chi connectivity index (χ0v) is 13.4. The van der Waals surface area contributed by atoms with Crippen LogP contribution in [0.5, 0.6) is 0 Å². The van der Waals surface area contributed by atoms with Crippen LogP contribution in [0.15, 0.2) is 18.2 Å². The zero-order valence-electron chi connectivity index (χ0n) is 13.4. The van der Waals surface area contributed by atoms with E-state index in [4.69, 9.17) is 0 Å². The van der Waals surface area contributed by atoms with Crippen molar-refractivity contribution in [3.8, 4) is 0 Å². The minimum atomic E-state index is -0.318. The molecule has 21 heavy (non-hydrogen) atoms. The summed E-state index contributed by atoms with van der Waals surface area (Å²) in [5, 5.41) is 14.4. The molecule has 0 unspecified atom stereocenters. The smallest absolute Gasteiger partial charge is 0.292 e. The Morgan fingerprint density at radius 2 is 1.95 bits per heavy atom. The summed E-state index contributed by atoms with van der Waals surface area (Å²) in [4.78, 5) is 15.2. The van der Waals surface area contributed by atoms with Gasteiger partial charge in [0.15, 0.2) is 0 Å². The molecule has 0 atom stereocenters. The molecule has 0 aliphatic carbocycles. The third kappa shape index (κ3) is 5.69. The summed E-state index contributed by atoms with van der Waals surface area (Å²) in [6.45, 7) is 5.36. The van der Waals surface area contributed by atoms with Gasteiger partial charge in [-0.3, -0.25) is 10.1 Å². The topological polar surface area (TPSA) is 61.6 Å². The zero-order chi connectivity index (χ0) is 15.8. The highest BCUT2D eigenvalue weighted by molar-refractivity contribution is 5.66. The molecule has 1 rings (SSSR count). The maximum atomic E-state index is 11.2. The van der Waals surface area contributed by atoms with Crippen LogP contribution in [0.2, 0.25) is 0 Å². The number of nitro benzene ring substituents is 1. The van der Waals surface area contributed by atoms with Gasteiger partial charge in [-0.25, -0.2) is 0 Å². The average molecular weight is 294 g/mol. The average Bonchev–Trinajstić information content (AvgIpc) is 2.43. The Hall–Kier alpha value is -1.66. The third-order valence-electron chi connectivity index (χ3n) is 3.25. The van der Waals surface area contributed by atoms with Crippen LogP contribution in [0.4, 0.5) is 11.4 Å². The largest absolute Gasteiger partial charge is 0.379 e. The van der Waals surface area contributed by atoms with Crippen LogP contribution >= 0.6 is 0 Å². The van der Waals surface area contributed by atoms with E-state index in [2.05, 4.69) is 15.1 Å². The Bertz CT molecular complexity index is 463. The van der Waals surface area contributed by atoms with Gasteiger partial charge in [0.25, 0.3) is 5.69 Å². The van der Waals surface area contributed by atoms with Crippen molar-refractivity contribution < 1.29 is 4.92 Å². The third-order valence-corrected chi connectivity index (χ3v) is 3.25. The van der Waals surface area contributed by atoms with Gasteiger partial charge in [0.2, 0.25) is 0 Å². The number of nitrogens with one attached hydrogen (secondary N) is 1. The Balaban J connectivity index is 2.89. The molecule has 0 bridgehead atoms. The maximum Gasteiger partial charge on any atom is 0.292 e. The van der Waals surface area contributed by atoms with E-state index in [9.17, 15) is 10.1 Å². The number of likely N-dealkylation sites (N-methyl/N-ethyl adjacent to an activating group) is 2. The lowest BCUT2D eigenvalue weighted by Crippen LogP contribution is -2.28. The van der Waals surface area contributed by atoms with E-state index in [0.717, 1.165) is 31.6 Å². The van der Waals surface area contributed by atoms with Gasteiger partial charge in [0, 0.05) is 32.2 Å². The van der Waals surface area contributed by atoms with Gasteiger partial charge in [0.1, 0.15) is 5.69 Å². The lowest BCUT2D eigenvalue weighted by atomic mass is 10.1. The van der Waals surface area contributed by atoms with Gasteiger partial charge >= 0.3 is 0 Å². The molecule has 0 saturated carbocycles. The van der Waals surface area contributed by atoms with Gasteiger partial charge in [-0.2, -0.15) is 0 Å². The monoisotopic (exact) mass is 294 g/mol. The minimum absolute atomic E-state index is 0.155. The molecule has 0 aliphatic heterocycles. The highest BCUT2D eigenvalue weighted by atomic mass is 16.6. The number of nitro groups is 1. The van der Waals surface area contributed by atoms with Crippen molar-refractivity contribution in [3.05, 3.63) is 33.9 Å². The van der Waals surface area contributed by atoms with Crippen LogP contribution in [-0.4, -0.2) is 55.5 Å². The van der Waals surface area contributed by atoms with Gasteiger partial charge in [0.05, 0.1) is 4.92 Å². The summed E-state index contributed by atoms with van der Waals surface area (Å²) in [6, 6.07) is 5.27. The fourth-order valence-corrected chi connectivity index (χ4v) is 2.07. The summed E-state index contributed by atoms with van der Waals surface area (Å²) in [7, 11) is 6.11. The molecule has 0 amide bonds. The molecule has 6 nitrogen and oxygen atoms in total. The van der Waals surface area contributed by atoms with Gasteiger partial charge < -0.3 is 15.1 Å². The van der Waals surface area contributed by atoms with Gasteiger partial charge in [-0.1, -0.05) is 19.1 Å². The first kappa shape index (κ1) is 17.4. The predicted molar refractivity (Wildman–Crippen MR) is 86.8 cm³/mol. The molecular formula is C15H26N4O2. The number of nitrogens with zero attached hydrogens (tertiary/aromatic N) is 3. The number of para-hydroxylation sites is 1. The molecular weight excluding hydrogens is 268 g/mol. The Kier molecular flexibility index (Phi) is 7.11. The van der Waals surface area contributed by atoms with Crippen LogP contribution in [0.3, 0.4) is 0 Å². The Morgan fingerprint density at radius 1 is 1.24 bits per heavy atom. The molecule has 0 spiro atoms. The maximum absolute atomic E-state index is 11.2. The number of rotatable bonds is 9. The van der Waals surface area contributed by atoms with Crippen molar-refractivity contribution in [1.82, 2.24) is 9.80 Å². The van der Waals surface area contributed by atoms with E-state index >= 15 is 0 Å². The summed E-state index contributed by atoms with van der Waals surface area (Å²) in [6.07, 6.45) is 0.932. The molecule has 0 aromatic heterocycles. The van der Waals surface area contributed by atoms with Crippen molar-refractivity contribution in [1.29, 1.82) is 0 Å². The molecule has 1 aromatic rings. The Morgan fingerprint density at radius 3 is 2.52 bits per heavy atom. The van der Waals surface area contributed by atoms with E-state index in [0.29, 0.717) is 12.2 Å². The first-order valence-corrected chi connectivity index (χ1v) is 7.29. The van der Waals surface area contributed by atoms with Gasteiger partial charge in [-0.15, -0.1) is 0 Å². The van der Waals surface area contributed by atoms with Crippen LogP contribution < -0.4 is 5.32 Å². The van der Waals surface area contributed by atoms with Crippen molar-refractivity contribution in [3.63, 3.8) is 0 Å². The first-order chi connectivity index (χ1) is 9.95. The summed E-state index contributed by atoms with van der Waals surface area (Å²) >= 11 is 0. The second-order valence-corrected chi connectivity index (χ2v) is 5.54. The predicted octanol–water partition coefficient (Wildman–Crippen LogP) is 2.41. The second kappa shape index (κ2) is 8.59. The quantitative estimate of drug-likeness (QED) is 0.560. The highest BCUT2D eigenvalue weighted by Crippen LogP contribution is 2.29. The molecule has 0 radical (unpaired) electrons. The van der Waals surface area contributed by atoms with Crippen LogP contribution in [0.1, 0.15) is 18.9 Å². The van der Waals surface area contributed by atoms with Crippen LogP contribution in [0, 0.1) is 10.1 Å². The molecule has 0 saturated heterocycles. The summed E-state index contributed by atoms with van der Waals surface area (Å²) in [5.41, 5.74) is 1.78. The molecule has 1 N–H and O–H groups in total. The summed E-state index contributed by atoms with van der Waals surface area (Å²) in [5.74, 6) is 0. The molecule has 0 heterocycles. The fraction of sp³-hybridized carbons (Fsp3) is 0.600. The first-order valence-electron chi connectivity index (χ1n) is 7.29. The van der Waals surface area contributed by atoms with Crippen molar-refractivity contribution in [2.24, 2.45) is 0 Å². The van der Waals surface area contributed by atoms with Crippen molar-refractivity contribution in [2.75, 3.05) is 46.1 Å². The SMILES string of the molecule is CCCNc1c(CN(C)CCN(C)C)cccc1[N+](=O)[O-]. The van der Waals surface area contributed by atoms with E-state index < -0.39 is 0 Å². The molecule has 118 valence electrons.